The second-order valence-corrected chi connectivity index (χ2v) is 9.11. The van der Waals surface area contributed by atoms with Crippen LogP contribution in [0.5, 0.6) is 0 Å². The zero-order valence-electron chi connectivity index (χ0n) is 16.9. The van der Waals surface area contributed by atoms with Crippen LogP contribution >= 0.6 is 11.3 Å². The smallest absolute Gasteiger partial charge is 0.291 e. The number of anilines is 1. The molecule has 0 bridgehead atoms. The Morgan fingerprint density at radius 2 is 1.87 bits per heavy atom. The largest absolute Gasteiger partial charge is 0.459 e. The minimum Gasteiger partial charge on any atom is -0.459 e. The van der Waals surface area contributed by atoms with Gasteiger partial charge in [0, 0.05) is 19.1 Å². The molecule has 30 heavy (non-hydrogen) atoms. The van der Waals surface area contributed by atoms with E-state index in [0.717, 1.165) is 25.7 Å². The van der Waals surface area contributed by atoms with Crippen molar-refractivity contribution >= 4 is 34.1 Å². The first-order valence-corrected chi connectivity index (χ1v) is 11.5. The molecule has 1 aliphatic carbocycles. The number of hydrogen-bond acceptors (Lipinski definition) is 5. The summed E-state index contributed by atoms with van der Waals surface area (Å²) in [6.45, 7) is 1.10. The van der Waals surface area contributed by atoms with E-state index in [0.29, 0.717) is 23.0 Å². The zero-order valence-corrected chi connectivity index (χ0v) is 17.7. The van der Waals surface area contributed by atoms with Crippen molar-refractivity contribution in [2.24, 2.45) is 5.92 Å². The molecule has 4 rings (SSSR count). The average molecular weight is 430 g/mol. The molecular weight excluding hydrogens is 402 g/mol. The van der Waals surface area contributed by atoms with Gasteiger partial charge in [-0.1, -0.05) is 19.3 Å². The normalized spacial score (nSPS) is 20.0. The molecule has 160 valence electrons. The minimum atomic E-state index is -0.349. The Hall–Kier alpha value is -2.61. The molecule has 7 nitrogen and oxygen atoms in total. The monoisotopic (exact) mass is 429 g/mol. The van der Waals surface area contributed by atoms with Gasteiger partial charge in [0.25, 0.3) is 11.8 Å². The SMILES string of the molecule is O=C(Nc1ccc(C(=O)N2CCCC(C(=O)NC3CCCCC3)C2)s1)c1ccco1. The second-order valence-electron chi connectivity index (χ2n) is 8.03. The molecule has 0 aromatic carbocycles. The molecule has 2 aromatic rings. The lowest BCUT2D eigenvalue weighted by atomic mass is 9.93. The fourth-order valence-electron chi connectivity index (χ4n) is 4.20. The zero-order chi connectivity index (χ0) is 20.9. The summed E-state index contributed by atoms with van der Waals surface area (Å²) in [4.78, 5) is 40.1. The first-order chi connectivity index (χ1) is 14.6. The quantitative estimate of drug-likeness (QED) is 0.754. The topological polar surface area (TPSA) is 91.7 Å². The van der Waals surface area contributed by atoms with Crippen molar-refractivity contribution in [3.05, 3.63) is 41.2 Å². The third-order valence-electron chi connectivity index (χ3n) is 5.83. The van der Waals surface area contributed by atoms with E-state index in [1.807, 2.05) is 0 Å². The Kier molecular flexibility index (Phi) is 6.52. The number of nitrogens with one attached hydrogen (secondary N) is 2. The van der Waals surface area contributed by atoms with Gasteiger partial charge in [-0.2, -0.15) is 0 Å². The van der Waals surface area contributed by atoms with Crippen molar-refractivity contribution in [3.63, 3.8) is 0 Å². The lowest BCUT2D eigenvalue weighted by Crippen LogP contribution is -2.47. The first kappa shape index (κ1) is 20.7. The molecule has 1 saturated carbocycles. The third kappa shape index (κ3) is 4.92. The van der Waals surface area contributed by atoms with Crippen LogP contribution in [0.2, 0.25) is 0 Å². The maximum Gasteiger partial charge on any atom is 0.291 e. The van der Waals surface area contributed by atoms with Gasteiger partial charge in [-0.15, -0.1) is 11.3 Å². The van der Waals surface area contributed by atoms with Gasteiger partial charge in [-0.3, -0.25) is 14.4 Å². The van der Waals surface area contributed by atoms with Crippen molar-refractivity contribution in [1.82, 2.24) is 10.2 Å². The number of rotatable bonds is 5. The van der Waals surface area contributed by atoms with Crippen LogP contribution in [-0.2, 0) is 4.79 Å². The fraction of sp³-hybridized carbons (Fsp3) is 0.500. The molecule has 2 aliphatic rings. The van der Waals surface area contributed by atoms with Gasteiger partial charge in [-0.05, 0) is 49.9 Å². The summed E-state index contributed by atoms with van der Waals surface area (Å²) in [6.07, 6.45) is 8.80. The standard InChI is InChI=1S/C22H27N3O4S/c26-20(23-16-7-2-1-3-8-16)15-6-4-12-25(14-15)22(28)18-10-11-19(30-18)24-21(27)17-9-5-13-29-17/h5,9-11,13,15-16H,1-4,6-8,12,14H2,(H,23,26)(H,24,27). The predicted octanol–water partition coefficient (Wildman–Crippen LogP) is 3.89. The number of amides is 3. The van der Waals surface area contributed by atoms with E-state index in [4.69, 9.17) is 4.42 Å². The summed E-state index contributed by atoms with van der Waals surface area (Å²) in [7, 11) is 0. The molecule has 3 amide bonds. The first-order valence-electron chi connectivity index (χ1n) is 10.6. The van der Waals surface area contributed by atoms with Crippen LogP contribution in [0.15, 0.2) is 34.9 Å². The lowest BCUT2D eigenvalue weighted by Gasteiger charge is -2.33. The number of piperidine rings is 1. The molecule has 2 aromatic heterocycles. The van der Waals surface area contributed by atoms with Gasteiger partial charge < -0.3 is 20.0 Å². The number of nitrogens with zero attached hydrogens (tertiary/aromatic N) is 1. The predicted molar refractivity (Wildman–Crippen MR) is 115 cm³/mol. The molecule has 1 aliphatic heterocycles. The highest BCUT2D eigenvalue weighted by Crippen LogP contribution is 2.27. The van der Waals surface area contributed by atoms with Crippen molar-refractivity contribution in [2.75, 3.05) is 18.4 Å². The average Bonchev–Trinajstić information content (AvgIpc) is 3.46. The summed E-state index contributed by atoms with van der Waals surface area (Å²) >= 11 is 1.23. The molecule has 8 heteroatoms. The van der Waals surface area contributed by atoms with Crippen LogP contribution in [-0.4, -0.2) is 41.8 Å². The number of carbonyl (C=O) groups is 3. The molecule has 1 unspecified atom stereocenters. The lowest BCUT2D eigenvalue weighted by molar-refractivity contribution is -0.127. The Morgan fingerprint density at radius 1 is 1.03 bits per heavy atom. The maximum atomic E-state index is 13.0. The summed E-state index contributed by atoms with van der Waals surface area (Å²) < 4.78 is 5.09. The van der Waals surface area contributed by atoms with Gasteiger partial charge in [0.1, 0.15) is 0 Å². The Labute approximate surface area is 179 Å². The summed E-state index contributed by atoms with van der Waals surface area (Å²) in [5.74, 6) is -0.286. The third-order valence-corrected chi connectivity index (χ3v) is 6.82. The van der Waals surface area contributed by atoms with Crippen molar-refractivity contribution in [2.45, 2.75) is 51.0 Å². The second kappa shape index (κ2) is 9.47. The van der Waals surface area contributed by atoms with Crippen LogP contribution in [0.1, 0.15) is 65.2 Å². The van der Waals surface area contributed by atoms with Crippen molar-refractivity contribution < 1.29 is 18.8 Å². The highest BCUT2D eigenvalue weighted by Gasteiger charge is 2.30. The number of thiophene rings is 1. The molecule has 3 heterocycles. The summed E-state index contributed by atoms with van der Waals surface area (Å²) in [5.41, 5.74) is 0. The maximum absolute atomic E-state index is 13.0. The van der Waals surface area contributed by atoms with Crippen LogP contribution < -0.4 is 10.6 Å². The van der Waals surface area contributed by atoms with Crippen LogP contribution in [0.4, 0.5) is 5.00 Å². The van der Waals surface area contributed by atoms with Gasteiger partial charge in [0.05, 0.1) is 22.1 Å². The highest BCUT2D eigenvalue weighted by atomic mass is 32.1. The van der Waals surface area contributed by atoms with Crippen LogP contribution in [0.3, 0.4) is 0 Å². The molecule has 0 spiro atoms. The number of likely N-dealkylation sites (tertiary alicyclic amines) is 1. The van der Waals surface area contributed by atoms with Crippen LogP contribution in [0, 0.1) is 5.92 Å². The van der Waals surface area contributed by atoms with E-state index in [1.54, 1.807) is 29.2 Å². The number of carbonyl (C=O) groups excluding carboxylic acids is 3. The van der Waals surface area contributed by atoms with E-state index >= 15 is 0 Å². The van der Waals surface area contributed by atoms with Gasteiger partial charge >= 0.3 is 0 Å². The van der Waals surface area contributed by atoms with Gasteiger partial charge in [0.15, 0.2) is 5.76 Å². The van der Waals surface area contributed by atoms with E-state index < -0.39 is 0 Å². The van der Waals surface area contributed by atoms with E-state index in [-0.39, 0.29) is 35.4 Å². The highest BCUT2D eigenvalue weighted by molar-refractivity contribution is 7.18. The van der Waals surface area contributed by atoms with E-state index in [1.165, 1.54) is 36.9 Å². The summed E-state index contributed by atoms with van der Waals surface area (Å²) in [6, 6.07) is 6.96. The fourth-order valence-corrected chi connectivity index (χ4v) is 5.07. The molecule has 0 radical (unpaired) electrons. The number of furan rings is 1. The minimum absolute atomic E-state index is 0.0805. The van der Waals surface area contributed by atoms with Gasteiger partial charge in [0.2, 0.25) is 5.91 Å². The van der Waals surface area contributed by atoms with Crippen LogP contribution in [0.25, 0.3) is 0 Å². The molecule has 2 N–H and O–H groups in total. The summed E-state index contributed by atoms with van der Waals surface area (Å²) in [5, 5.41) is 6.53. The Balaban J connectivity index is 1.33. The van der Waals surface area contributed by atoms with E-state index in [2.05, 4.69) is 10.6 Å². The number of hydrogen-bond donors (Lipinski definition) is 2. The van der Waals surface area contributed by atoms with E-state index in [9.17, 15) is 14.4 Å². The molecule has 1 saturated heterocycles. The Bertz CT molecular complexity index is 886. The van der Waals surface area contributed by atoms with Crippen molar-refractivity contribution in [1.29, 1.82) is 0 Å². The molecular formula is C22H27N3O4S. The van der Waals surface area contributed by atoms with Gasteiger partial charge in [-0.25, -0.2) is 0 Å². The Morgan fingerprint density at radius 3 is 2.63 bits per heavy atom. The molecule has 2 fully saturated rings. The molecule has 1 atom stereocenters. The van der Waals surface area contributed by atoms with Crippen molar-refractivity contribution in [3.8, 4) is 0 Å².